The van der Waals surface area contributed by atoms with Gasteiger partial charge >= 0.3 is 0 Å². The SMILES string of the molecule is CCOc1ccccc1CNC(CC)c1cccc(Cl)c1. The Bertz CT molecular complexity index is 571. The van der Waals surface area contributed by atoms with Crippen molar-refractivity contribution >= 4 is 11.6 Å². The molecule has 0 heterocycles. The second-order valence-electron chi connectivity index (χ2n) is 4.94. The van der Waals surface area contributed by atoms with E-state index < -0.39 is 0 Å². The van der Waals surface area contributed by atoms with Gasteiger partial charge in [-0.15, -0.1) is 0 Å². The van der Waals surface area contributed by atoms with Crippen LogP contribution in [0.4, 0.5) is 0 Å². The van der Waals surface area contributed by atoms with Crippen molar-refractivity contribution in [1.82, 2.24) is 5.32 Å². The van der Waals surface area contributed by atoms with Crippen molar-refractivity contribution in [2.75, 3.05) is 6.61 Å². The van der Waals surface area contributed by atoms with Crippen molar-refractivity contribution in [1.29, 1.82) is 0 Å². The summed E-state index contributed by atoms with van der Waals surface area (Å²) in [4.78, 5) is 0. The summed E-state index contributed by atoms with van der Waals surface area (Å²) in [6.45, 7) is 5.64. The maximum Gasteiger partial charge on any atom is 0.123 e. The van der Waals surface area contributed by atoms with Crippen LogP contribution in [0.5, 0.6) is 5.75 Å². The number of nitrogens with one attached hydrogen (secondary N) is 1. The van der Waals surface area contributed by atoms with E-state index in [0.29, 0.717) is 12.6 Å². The van der Waals surface area contributed by atoms with Gasteiger partial charge in [0.1, 0.15) is 5.75 Å². The molecule has 1 N–H and O–H groups in total. The summed E-state index contributed by atoms with van der Waals surface area (Å²) in [5.74, 6) is 0.952. The minimum atomic E-state index is 0.290. The van der Waals surface area contributed by atoms with E-state index in [9.17, 15) is 0 Å². The third-order valence-corrected chi connectivity index (χ3v) is 3.71. The van der Waals surface area contributed by atoms with Crippen LogP contribution in [0.3, 0.4) is 0 Å². The van der Waals surface area contributed by atoms with Crippen molar-refractivity contribution in [3.63, 3.8) is 0 Å². The lowest BCUT2D eigenvalue weighted by Gasteiger charge is -2.19. The molecule has 2 aromatic carbocycles. The summed E-state index contributed by atoms with van der Waals surface area (Å²) >= 11 is 6.08. The van der Waals surface area contributed by atoms with E-state index in [2.05, 4.69) is 24.4 Å². The predicted octanol–water partition coefficient (Wildman–Crippen LogP) is 4.98. The number of hydrogen-bond acceptors (Lipinski definition) is 2. The Balaban J connectivity index is 2.07. The maximum absolute atomic E-state index is 6.08. The molecular formula is C18H22ClNO. The molecule has 2 nitrogen and oxygen atoms in total. The van der Waals surface area contributed by atoms with Crippen LogP contribution in [-0.2, 0) is 6.54 Å². The van der Waals surface area contributed by atoms with Gasteiger partial charge in [-0.2, -0.15) is 0 Å². The summed E-state index contributed by atoms with van der Waals surface area (Å²) in [6.07, 6.45) is 1.01. The number of rotatable bonds is 7. The number of ether oxygens (including phenoxy) is 1. The zero-order chi connectivity index (χ0) is 15.1. The van der Waals surface area contributed by atoms with Gasteiger partial charge in [0.2, 0.25) is 0 Å². The average molecular weight is 304 g/mol. The Labute approximate surface area is 132 Å². The summed E-state index contributed by atoms with van der Waals surface area (Å²) in [7, 11) is 0. The van der Waals surface area contributed by atoms with E-state index in [1.807, 2.05) is 43.3 Å². The van der Waals surface area contributed by atoms with E-state index in [1.165, 1.54) is 11.1 Å². The molecule has 0 aliphatic rings. The maximum atomic E-state index is 6.08. The van der Waals surface area contributed by atoms with Crippen molar-refractivity contribution in [2.24, 2.45) is 0 Å². The molecule has 0 spiro atoms. The molecule has 1 unspecified atom stereocenters. The van der Waals surface area contributed by atoms with Crippen LogP contribution in [0.2, 0.25) is 5.02 Å². The Morgan fingerprint density at radius 2 is 1.90 bits per heavy atom. The second kappa shape index (κ2) is 8.06. The summed E-state index contributed by atoms with van der Waals surface area (Å²) in [6, 6.07) is 16.5. The van der Waals surface area contributed by atoms with Crippen molar-refractivity contribution in [3.05, 3.63) is 64.7 Å². The molecule has 2 rings (SSSR count). The first kappa shape index (κ1) is 15.9. The molecule has 0 radical (unpaired) electrons. The van der Waals surface area contributed by atoms with Gasteiger partial charge in [-0.25, -0.2) is 0 Å². The average Bonchev–Trinajstić information content (AvgIpc) is 2.50. The van der Waals surface area contributed by atoms with Crippen LogP contribution >= 0.6 is 11.6 Å². The fourth-order valence-corrected chi connectivity index (χ4v) is 2.60. The standard InChI is InChI=1S/C18H22ClNO/c1-3-17(14-9-7-10-16(19)12-14)20-13-15-8-5-6-11-18(15)21-4-2/h5-12,17,20H,3-4,13H2,1-2H3. The second-order valence-corrected chi connectivity index (χ2v) is 5.37. The molecular weight excluding hydrogens is 282 g/mol. The molecule has 0 aliphatic heterocycles. The van der Waals surface area contributed by atoms with Crippen LogP contribution in [0.25, 0.3) is 0 Å². The minimum Gasteiger partial charge on any atom is -0.494 e. The van der Waals surface area contributed by atoms with E-state index in [0.717, 1.165) is 23.7 Å². The lowest BCUT2D eigenvalue weighted by Crippen LogP contribution is -2.20. The molecule has 21 heavy (non-hydrogen) atoms. The van der Waals surface area contributed by atoms with Gasteiger partial charge in [0, 0.05) is 23.2 Å². The zero-order valence-electron chi connectivity index (χ0n) is 12.6. The molecule has 1 atom stereocenters. The topological polar surface area (TPSA) is 21.3 Å². The van der Waals surface area contributed by atoms with Crippen LogP contribution in [-0.4, -0.2) is 6.61 Å². The van der Waals surface area contributed by atoms with Crippen LogP contribution in [0.1, 0.15) is 37.4 Å². The highest BCUT2D eigenvalue weighted by molar-refractivity contribution is 6.30. The first-order valence-electron chi connectivity index (χ1n) is 7.44. The highest BCUT2D eigenvalue weighted by Gasteiger charge is 2.10. The van der Waals surface area contributed by atoms with E-state index in [-0.39, 0.29) is 0 Å². The normalized spacial score (nSPS) is 12.1. The van der Waals surface area contributed by atoms with Crippen molar-refractivity contribution in [2.45, 2.75) is 32.9 Å². The molecule has 2 aromatic rings. The van der Waals surface area contributed by atoms with E-state index >= 15 is 0 Å². The van der Waals surface area contributed by atoms with Gasteiger partial charge in [0.05, 0.1) is 6.61 Å². The van der Waals surface area contributed by atoms with Gasteiger partial charge in [0.15, 0.2) is 0 Å². The zero-order valence-corrected chi connectivity index (χ0v) is 13.4. The number of hydrogen-bond donors (Lipinski definition) is 1. The third-order valence-electron chi connectivity index (χ3n) is 3.47. The minimum absolute atomic E-state index is 0.290. The Hall–Kier alpha value is -1.51. The smallest absolute Gasteiger partial charge is 0.123 e. The molecule has 0 bridgehead atoms. The van der Waals surface area contributed by atoms with Gasteiger partial charge in [-0.3, -0.25) is 0 Å². The van der Waals surface area contributed by atoms with Crippen LogP contribution in [0, 0.1) is 0 Å². The predicted molar refractivity (Wildman–Crippen MR) is 88.9 cm³/mol. The van der Waals surface area contributed by atoms with Gasteiger partial charge in [-0.05, 0) is 37.1 Å². The molecule has 0 saturated carbocycles. The number of benzene rings is 2. The molecule has 0 fully saturated rings. The molecule has 0 aliphatic carbocycles. The molecule has 3 heteroatoms. The third kappa shape index (κ3) is 4.48. The number of para-hydroxylation sites is 1. The lowest BCUT2D eigenvalue weighted by atomic mass is 10.0. The first-order valence-corrected chi connectivity index (χ1v) is 7.82. The monoisotopic (exact) mass is 303 g/mol. The molecule has 0 amide bonds. The fraction of sp³-hybridized carbons (Fsp3) is 0.333. The molecule has 112 valence electrons. The van der Waals surface area contributed by atoms with Crippen LogP contribution in [0.15, 0.2) is 48.5 Å². The van der Waals surface area contributed by atoms with Gasteiger partial charge in [0.25, 0.3) is 0 Å². The molecule has 0 saturated heterocycles. The Morgan fingerprint density at radius 3 is 2.62 bits per heavy atom. The summed E-state index contributed by atoms with van der Waals surface area (Å²) in [5.41, 5.74) is 2.40. The highest BCUT2D eigenvalue weighted by atomic mass is 35.5. The largest absolute Gasteiger partial charge is 0.494 e. The van der Waals surface area contributed by atoms with Crippen molar-refractivity contribution < 1.29 is 4.74 Å². The Kier molecular flexibility index (Phi) is 6.09. The van der Waals surface area contributed by atoms with Gasteiger partial charge < -0.3 is 10.1 Å². The summed E-state index contributed by atoms with van der Waals surface area (Å²) in [5, 5.41) is 4.37. The van der Waals surface area contributed by atoms with Crippen LogP contribution < -0.4 is 10.1 Å². The highest BCUT2D eigenvalue weighted by Crippen LogP contribution is 2.23. The number of halogens is 1. The van der Waals surface area contributed by atoms with Gasteiger partial charge in [-0.1, -0.05) is 48.9 Å². The Morgan fingerprint density at radius 1 is 1.10 bits per heavy atom. The first-order chi connectivity index (χ1) is 10.2. The van der Waals surface area contributed by atoms with Crippen molar-refractivity contribution in [3.8, 4) is 5.75 Å². The van der Waals surface area contributed by atoms with E-state index in [4.69, 9.17) is 16.3 Å². The molecule has 0 aromatic heterocycles. The quantitative estimate of drug-likeness (QED) is 0.779. The fourth-order valence-electron chi connectivity index (χ4n) is 2.40. The van der Waals surface area contributed by atoms with E-state index in [1.54, 1.807) is 0 Å². The lowest BCUT2D eigenvalue weighted by molar-refractivity contribution is 0.334. The summed E-state index contributed by atoms with van der Waals surface area (Å²) < 4.78 is 5.67.